The third kappa shape index (κ3) is 6.69. The molecule has 0 aliphatic carbocycles. The summed E-state index contributed by atoms with van der Waals surface area (Å²) in [7, 11) is 3.10. The molecule has 0 saturated heterocycles. The number of halogens is 1. The van der Waals surface area contributed by atoms with E-state index in [-0.39, 0.29) is 12.3 Å². The van der Waals surface area contributed by atoms with Gasteiger partial charge in [-0.15, -0.1) is 0 Å². The molecule has 1 amide bonds. The zero-order valence-electron chi connectivity index (χ0n) is 17.6. The zero-order valence-corrected chi connectivity index (χ0v) is 18.3. The van der Waals surface area contributed by atoms with E-state index in [9.17, 15) is 9.59 Å². The Morgan fingerprint density at radius 1 is 1.07 bits per heavy atom. The number of unbranched alkanes of at least 4 members (excludes halogenated alkanes) is 1. The summed E-state index contributed by atoms with van der Waals surface area (Å²) in [5.74, 6) is 0.925. The van der Waals surface area contributed by atoms with Gasteiger partial charge in [-0.05, 0) is 62.1 Å². The number of carbonyl (C=O) groups excluding carboxylic acids is 1. The second kappa shape index (κ2) is 11.5. The summed E-state index contributed by atoms with van der Waals surface area (Å²) in [5, 5.41) is 9.19. The molecular formula is C22H28ClNO6. The van der Waals surface area contributed by atoms with Crippen LogP contribution in [0.15, 0.2) is 28.7 Å². The van der Waals surface area contributed by atoms with Crippen molar-refractivity contribution in [1.29, 1.82) is 0 Å². The van der Waals surface area contributed by atoms with Crippen LogP contribution in [-0.2, 0) is 11.2 Å². The Morgan fingerprint density at radius 3 is 2.23 bits per heavy atom. The smallest absolute Gasteiger partial charge is 0.303 e. The minimum Gasteiger partial charge on any atom is -0.496 e. The maximum atomic E-state index is 13.2. The van der Waals surface area contributed by atoms with Gasteiger partial charge in [-0.2, -0.15) is 0 Å². The second-order valence-corrected chi connectivity index (χ2v) is 7.33. The number of carbonyl (C=O) groups is 2. The van der Waals surface area contributed by atoms with Gasteiger partial charge in [0.05, 0.1) is 14.2 Å². The molecule has 0 spiro atoms. The Hall–Kier alpha value is -2.67. The number of rotatable bonds is 12. The number of nitrogens with zero attached hydrogens (tertiary/aromatic N) is 1. The van der Waals surface area contributed by atoms with Gasteiger partial charge in [0.15, 0.2) is 5.22 Å². The normalized spacial score (nSPS) is 10.7. The molecule has 0 bridgehead atoms. The van der Waals surface area contributed by atoms with E-state index in [1.165, 1.54) is 0 Å². The molecule has 1 aromatic heterocycles. The lowest BCUT2D eigenvalue weighted by molar-refractivity contribution is -0.137. The Balaban J connectivity index is 2.12. The zero-order chi connectivity index (χ0) is 22.1. The van der Waals surface area contributed by atoms with E-state index in [4.69, 9.17) is 30.6 Å². The summed E-state index contributed by atoms with van der Waals surface area (Å²) < 4.78 is 16.1. The average Bonchev–Trinajstić information content (AvgIpc) is 3.14. The summed E-state index contributed by atoms with van der Waals surface area (Å²) in [6.45, 7) is 2.83. The Morgan fingerprint density at radius 2 is 1.70 bits per heavy atom. The number of carboxylic acids is 1. The monoisotopic (exact) mass is 437 g/mol. The van der Waals surface area contributed by atoms with Crippen LogP contribution in [0.25, 0.3) is 0 Å². The van der Waals surface area contributed by atoms with E-state index in [2.05, 4.69) is 0 Å². The van der Waals surface area contributed by atoms with Crippen molar-refractivity contribution in [2.24, 2.45) is 0 Å². The SMILES string of the molecule is COc1cc(C(=O)N(CCCCC(=O)O)CCCc2ccc(Cl)o2)cc(OC)c1C. The molecule has 2 rings (SSSR count). The Kier molecular flexibility index (Phi) is 9.05. The van der Waals surface area contributed by atoms with Gasteiger partial charge in [-0.25, -0.2) is 0 Å². The lowest BCUT2D eigenvalue weighted by Crippen LogP contribution is -2.33. The first-order valence-electron chi connectivity index (χ1n) is 9.83. The van der Waals surface area contributed by atoms with E-state index in [0.717, 1.165) is 11.3 Å². The highest BCUT2D eigenvalue weighted by atomic mass is 35.5. The van der Waals surface area contributed by atoms with Crippen LogP contribution in [0.1, 0.15) is 47.4 Å². The van der Waals surface area contributed by atoms with Gasteiger partial charge in [-0.3, -0.25) is 9.59 Å². The number of amides is 1. The molecule has 1 heterocycles. The topological polar surface area (TPSA) is 89.2 Å². The van der Waals surface area contributed by atoms with Gasteiger partial charge < -0.3 is 23.9 Å². The summed E-state index contributed by atoms with van der Waals surface area (Å²) in [5.41, 5.74) is 1.29. The van der Waals surface area contributed by atoms with Gasteiger partial charge in [-0.1, -0.05) is 0 Å². The molecule has 0 atom stereocenters. The van der Waals surface area contributed by atoms with Crippen LogP contribution in [-0.4, -0.2) is 49.2 Å². The van der Waals surface area contributed by atoms with Crippen LogP contribution in [0.4, 0.5) is 0 Å². The maximum absolute atomic E-state index is 13.2. The summed E-state index contributed by atoms with van der Waals surface area (Å²) >= 11 is 5.81. The molecule has 0 aliphatic heterocycles. The highest BCUT2D eigenvalue weighted by molar-refractivity contribution is 6.28. The molecule has 1 aromatic carbocycles. The number of benzene rings is 1. The summed E-state index contributed by atoms with van der Waals surface area (Å²) in [4.78, 5) is 25.7. The first kappa shape index (κ1) is 23.6. The first-order valence-corrected chi connectivity index (χ1v) is 10.2. The van der Waals surface area contributed by atoms with Crippen LogP contribution in [0.3, 0.4) is 0 Å². The predicted molar refractivity (Wildman–Crippen MR) is 114 cm³/mol. The van der Waals surface area contributed by atoms with Crippen LogP contribution < -0.4 is 9.47 Å². The molecule has 0 radical (unpaired) electrons. The molecule has 1 N–H and O–H groups in total. The molecule has 0 fully saturated rings. The Bertz CT molecular complexity index is 838. The van der Waals surface area contributed by atoms with Gasteiger partial charge >= 0.3 is 5.97 Å². The third-order valence-electron chi connectivity index (χ3n) is 4.84. The number of aryl methyl sites for hydroxylation is 1. The lowest BCUT2D eigenvalue weighted by atomic mass is 10.1. The van der Waals surface area contributed by atoms with Crippen molar-refractivity contribution in [1.82, 2.24) is 4.90 Å². The van der Waals surface area contributed by atoms with Crippen LogP contribution in [0.2, 0.25) is 5.22 Å². The number of carboxylic acid groups (broad SMARTS) is 1. The van der Waals surface area contributed by atoms with E-state index >= 15 is 0 Å². The van der Waals surface area contributed by atoms with E-state index in [1.807, 2.05) is 13.0 Å². The Labute approximate surface area is 181 Å². The molecule has 2 aromatic rings. The van der Waals surface area contributed by atoms with Crippen molar-refractivity contribution < 1.29 is 28.6 Å². The maximum Gasteiger partial charge on any atom is 0.303 e. The largest absolute Gasteiger partial charge is 0.496 e. The number of ether oxygens (including phenoxy) is 2. The third-order valence-corrected chi connectivity index (χ3v) is 5.04. The van der Waals surface area contributed by atoms with E-state index in [0.29, 0.717) is 61.1 Å². The summed E-state index contributed by atoms with van der Waals surface area (Å²) in [6, 6.07) is 6.92. The van der Waals surface area contributed by atoms with Crippen molar-refractivity contribution in [2.75, 3.05) is 27.3 Å². The van der Waals surface area contributed by atoms with E-state index in [1.54, 1.807) is 37.3 Å². The molecule has 0 aliphatic rings. The molecule has 0 unspecified atom stereocenters. The lowest BCUT2D eigenvalue weighted by Gasteiger charge is -2.23. The standard InChI is InChI=1S/C22H28ClNO6/c1-15-18(28-2)13-16(14-19(15)29-3)22(27)24(11-5-4-8-21(25)26)12-6-7-17-9-10-20(23)30-17/h9-10,13-14H,4-8,11-12H2,1-3H3,(H,25,26). The fourth-order valence-corrected chi connectivity index (χ4v) is 3.38. The predicted octanol–water partition coefficient (Wildman–Crippen LogP) is 4.59. The van der Waals surface area contributed by atoms with Crippen molar-refractivity contribution in [3.8, 4) is 11.5 Å². The van der Waals surface area contributed by atoms with Crippen molar-refractivity contribution in [2.45, 2.75) is 39.0 Å². The fraction of sp³-hybridized carbons (Fsp3) is 0.455. The van der Waals surface area contributed by atoms with Crippen molar-refractivity contribution in [3.63, 3.8) is 0 Å². The van der Waals surface area contributed by atoms with Gasteiger partial charge in [0.25, 0.3) is 5.91 Å². The van der Waals surface area contributed by atoms with Gasteiger partial charge in [0.1, 0.15) is 17.3 Å². The molecule has 0 saturated carbocycles. The number of furan rings is 1. The minimum absolute atomic E-state index is 0.0824. The highest BCUT2D eigenvalue weighted by Crippen LogP contribution is 2.30. The quantitative estimate of drug-likeness (QED) is 0.488. The number of hydrogen-bond donors (Lipinski definition) is 1. The number of methoxy groups -OCH3 is 2. The van der Waals surface area contributed by atoms with Gasteiger partial charge in [0.2, 0.25) is 0 Å². The molecular weight excluding hydrogens is 410 g/mol. The number of hydrogen-bond acceptors (Lipinski definition) is 5. The molecule has 30 heavy (non-hydrogen) atoms. The minimum atomic E-state index is -0.837. The number of aliphatic carboxylic acids is 1. The molecule has 7 nitrogen and oxygen atoms in total. The van der Waals surface area contributed by atoms with Crippen molar-refractivity contribution >= 4 is 23.5 Å². The molecule has 8 heteroatoms. The second-order valence-electron chi connectivity index (χ2n) is 6.96. The van der Waals surface area contributed by atoms with Crippen LogP contribution >= 0.6 is 11.6 Å². The van der Waals surface area contributed by atoms with Crippen LogP contribution in [0.5, 0.6) is 11.5 Å². The molecule has 164 valence electrons. The average molecular weight is 438 g/mol. The first-order chi connectivity index (χ1) is 14.3. The summed E-state index contributed by atoms with van der Waals surface area (Å²) in [6.07, 6.45) is 2.53. The van der Waals surface area contributed by atoms with Crippen molar-refractivity contribution in [3.05, 3.63) is 46.4 Å². The highest BCUT2D eigenvalue weighted by Gasteiger charge is 2.19. The fourth-order valence-electron chi connectivity index (χ4n) is 3.22. The van der Waals surface area contributed by atoms with Crippen LogP contribution in [0, 0.1) is 6.92 Å². The van der Waals surface area contributed by atoms with E-state index < -0.39 is 5.97 Å². The van der Waals surface area contributed by atoms with Gasteiger partial charge in [0, 0.05) is 37.1 Å².